The minimum atomic E-state index is -3.98. The molecule has 194 valence electrons. The van der Waals surface area contributed by atoms with E-state index in [1.165, 1.54) is 29.0 Å². The van der Waals surface area contributed by atoms with E-state index in [-0.39, 0.29) is 46.2 Å². The molecule has 3 aliphatic rings. The van der Waals surface area contributed by atoms with Gasteiger partial charge in [-0.15, -0.1) is 0 Å². The Morgan fingerprint density at radius 2 is 2.03 bits per heavy atom. The Kier molecular flexibility index (Phi) is 6.11. The van der Waals surface area contributed by atoms with Crippen molar-refractivity contribution in [3.05, 3.63) is 41.5 Å². The molecule has 2 atom stereocenters. The lowest BCUT2D eigenvalue weighted by Gasteiger charge is -2.45. The molecule has 2 N–H and O–H groups in total. The maximum Gasteiger partial charge on any atom is 0.276 e. The lowest BCUT2D eigenvalue weighted by molar-refractivity contribution is -0.148. The van der Waals surface area contributed by atoms with Crippen LogP contribution in [0.2, 0.25) is 0 Å². The molecule has 1 aromatic heterocycles. The fraction of sp³-hybridized carbons (Fsp3) is 0.520. The zero-order valence-corrected chi connectivity index (χ0v) is 21.5. The van der Waals surface area contributed by atoms with E-state index in [0.29, 0.717) is 30.8 Å². The van der Waals surface area contributed by atoms with Gasteiger partial charge in [-0.1, -0.05) is 13.3 Å². The maximum absolute atomic E-state index is 13.6. The Bertz CT molecular complexity index is 1330. The van der Waals surface area contributed by atoms with Crippen molar-refractivity contribution in [1.29, 1.82) is 0 Å². The normalized spacial score (nSPS) is 24.3. The Morgan fingerprint density at radius 3 is 2.69 bits per heavy atom. The van der Waals surface area contributed by atoms with Crippen LogP contribution in [0.3, 0.4) is 0 Å². The van der Waals surface area contributed by atoms with E-state index in [0.717, 1.165) is 19.3 Å². The molecule has 2 fully saturated rings. The van der Waals surface area contributed by atoms with Crippen molar-refractivity contribution in [3.8, 4) is 5.75 Å². The number of aryl methyl sites for hydroxylation is 2. The highest BCUT2D eigenvalue weighted by Gasteiger charge is 2.45. The van der Waals surface area contributed by atoms with Crippen LogP contribution in [0.15, 0.2) is 29.3 Å². The first-order valence-electron chi connectivity index (χ1n) is 12.2. The summed E-state index contributed by atoms with van der Waals surface area (Å²) < 4.78 is 50.5. The number of hydrogen-bond donors (Lipinski definition) is 2. The van der Waals surface area contributed by atoms with E-state index < -0.39 is 21.7 Å². The van der Waals surface area contributed by atoms with E-state index in [4.69, 9.17) is 4.74 Å². The molecule has 1 saturated heterocycles. The predicted molar refractivity (Wildman–Crippen MR) is 131 cm³/mol. The fourth-order valence-corrected chi connectivity index (χ4v) is 6.91. The number of anilines is 1. The number of nitrogens with one attached hydrogen (secondary N) is 2. The molecule has 9 nitrogen and oxygen atoms in total. The molecule has 1 aromatic carbocycles. The van der Waals surface area contributed by atoms with Crippen molar-refractivity contribution in [1.82, 2.24) is 14.2 Å². The van der Waals surface area contributed by atoms with Gasteiger partial charge in [0.2, 0.25) is 15.9 Å². The molecule has 2 amide bonds. The van der Waals surface area contributed by atoms with Gasteiger partial charge in [-0.3, -0.25) is 9.59 Å². The average molecular weight is 519 g/mol. The van der Waals surface area contributed by atoms with Gasteiger partial charge in [0.1, 0.15) is 10.7 Å². The van der Waals surface area contributed by atoms with Crippen LogP contribution < -0.4 is 14.8 Å². The Balaban J connectivity index is 1.41. The topological polar surface area (TPSA) is 110 Å². The molecule has 36 heavy (non-hydrogen) atoms. The number of sulfonamides is 1. The van der Waals surface area contributed by atoms with Crippen LogP contribution in [-0.4, -0.2) is 55.4 Å². The number of carbonyl (C=O) groups excluding carboxylic acids is 2. The van der Waals surface area contributed by atoms with Crippen LogP contribution >= 0.6 is 0 Å². The minimum absolute atomic E-state index is 0.0332. The third-order valence-electron chi connectivity index (χ3n) is 7.77. The second-order valence-electron chi connectivity index (χ2n) is 10.5. The second-order valence-corrected chi connectivity index (χ2v) is 12.1. The summed E-state index contributed by atoms with van der Waals surface area (Å²) in [7, 11) is -2.41. The van der Waals surface area contributed by atoms with Crippen molar-refractivity contribution in [2.75, 3.05) is 25.0 Å². The predicted octanol–water partition coefficient (Wildman–Crippen LogP) is 2.80. The number of likely N-dealkylation sites (tertiary alicyclic amines) is 1. The number of halogens is 1. The molecule has 3 heterocycles. The summed E-state index contributed by atoms with van der Waals surface area (Å²) >= 11 is 0. The van der Waals surface area contributed by atoms with Crippen LogP contribution in [0.25, 0.3) is 0 Å². The van der Waals surface area contributed by atoms with Gasteiger partial charge in [-0.25, -0.2) is 17.5 Å². The summed E-state index contributed by atoms with van der Waals surface area (Å²) in [5.41, 5.74) is 0.468. The average Bonchev–Trinajstić information content (AvgIpc) is 3.14. The van der Waals surface area contributed by atoms with Gasteiger partial charge in [-0.2, -0.15) is 0 Å². The van der Waals surface area contributed by atoms with Gasteiger partial charge in [0.15, 0.2) is 11.4 Å². The van der Waals surface area contributed by atoms with Gasteiger partial charge in [0, 0.05) is 49.4 Å². The molecule has 1 saturated carbocycles. The lowest BCUT2D eigenvalue weighted by atomic mass is 9.69. The van der Waals surface area contributed by atoms with Crippen molar-refractivity contribution < 1.29 is 27.1 Å². The molecule has 2 aromatic rings. The molecule has 2 unspecified atom stereocenters. The number of rotatable bonds is 3. The van der Waals surface area contributed by atoms with Crippen molar-refractivity contribution >= 4 is 27.5 Å². The Labute approximate surface area is 210 Å². The number of aromatic nitrogens is 1. The second kappa shape index (κ2) is 8.88. The molecule has 5 rings (SSSR count). The number of carbonyl (C=O) groups is 2. The molecule has 0 radical (unpaired) electrons. The summed E-state index contributed by atoms with van der Waals surface area (Å²) in [5.74, 6) is -1.14. The number of hydrogen-bond acceptors (Lipinski definition) is 5. The van der Waals surface area contributed by atoms with Gasteiger partial charge in [0.25, 0.3) is 5.91 Å². The standard InChI is InChI=1S/C25H31FN4O5S/c1-15-11-17(5-6-18(15)26)27-23(31)21-22-20(13-29(21)3)36(33,34)28-19-7-10-30(12-16(19)14-35-22)24(32)25(2)8-4-9-25/h5-6,11,13,16,19,28H,4,7-10,12,14H2,1-3H3,(H,27,31). The molecular weight excluding hydrogens is 487 g/mol. The van der Waals surface area contributed by atoms with Crippen molar-refractivity contribution in [2.45, 2.75) is 50.5 Å². The van der Waals surface area contributed by atoms with Crippen LogP contribution in [0, 0.1) is 24.1 Å². The van der Waals surface area contributed by atoms with Gasteiger partial charge >= 0.3 is 0 Å². The van der Waals surface area contributed by atoms with E-state index in [1.54, 1.807) is 14.0 Å². The third-order valence-corrected chi connectivity index (χ3v) is 9.25. The maximum atomic E-state index is 13.6. The SMILES string of the molecule is Cc1cc(NC(=O)c2c3c(cn2C)S(=O)(=O)NC2CCN(C(=O)C4(C)CCC4)CC2CO3)ccc1F. The first kappa shape index (κ1) is 24.8. The molecular formula is C25H31FN4O5S. The summed E-state index contributed by atoms with van der Waals surface area (Å²) in [6.45, 7) is 4.61. The summed E-state index contributed by atoms with van der Waals surface area (Å²) in [6, 6.07) is 3.82. The highest BCUT2D eigenvalue weighted by molar-refractivity contribution is 7.89. The van der Waals surface area contributed by atoms with E-state index in [2.05, 4.69) is 10.0 Å². The molecule has 0 spiro atoms. The first-order chi connectivity index (χ1) is 17.0. The monoisotopic (exact) mass is 518 g/mol. The number of nitrogens with zero attached hydrogens (tertiary/aromatic N) is 2. The van der Waals surface area contributed by atoms with E-state index in [9.17, 15) is 22.4 Å². The fourth-order valence-electron chi connectivity index (χ4n) is 5.38. The number of amides is 2. The van der Waals surface area contributed by atoms with Crippen LogP contribution in [-0.2, 0) is 21.9 Å². The highest BCUT2D eigenvalue weighted by atomic mass is 32.2. The molecule has 0 bridgehead atoms. The zero-order chi connectivity index (χ0) is 25.8. The minimum Gasteiger partial charge on any atom is -0.489 e. The largest absolute Gasteiger partial charge is 0.489 e. The number of fused-ring (bicyclic) bond motifs is 2. The van der Waals surface area contributed by atoms with E-state index in [1.807, 2.05) is 11.8 Å². The number of piperidine rings is 1. The van der Waals surface area contributed by atoms with Gasteiger partial charge < -0.3 is 19.5 Å². The molecule has 1 aliphatic carbocycles. The Hall–Kier alpha value is -2.92. The Morgan fingerprint density at radius 1 is 1.28 bits per heavy atom. The quantitative estimate of drug-likeness (QED) is 0.650. The molecule has 2 aliphatic heterocycles. The first-order valence-corrected chi connectivity index (χ1v) is 13.7. The summed E-state index contributed by atoms with van der Waals surface area (Å²) in [6.07, 6.45) is 4.65. The van der Waals surface area contributed by atoms with Gasteiger partial charge in [-0.05, 0) is 49.9 Å². The number of ether oxygens (including phenoxy) is 1. The lowest BCUT2D eigenvalue weighted by Crippen LogP contribution is -2.57. The third kappa shape index (κ3) is 4.28. The van der Waals surface area contributed by atoms with Crippen LogP contribution in [0.4, 0.5) is 10.1 Å². The summed E-state index contributed by atoms with van der Waals surface area (Å²) in [4.78, 5) is 28.0. The van der Waals surface area contributed by atoms with Crippen molar-refractivity contribution in [3.63, 3.8) is 0 Å². The van der Waals surface area contributed by atoms with Crippen LogP contribution in [0.5, 0.6) is 5.75 Å². The summed E-state index contributed by atoms with van der Waals surface area (Å²) in [5, 5.41) is 2.70. The smallest absolute Gasteiger partial charge is 0.276 e. The van der Waals surface area contributed by atoms with Gasteiger partial charge in [0.05, 0.1) is 6.61 Å². The molecule has 11 heteroatoms. The highest BCUT2D eigenvalue weighted by Crippen LogP contribution is 2.43. The van der Waals surface area contributed by atoms with Crippen molar-refractivity contribution in [2.24, 2.45) is 18.4 Å². The van der Waals surface area contributed by atoms with Crippen LogP contribution in [0.1, 0.15) is 48.7 Å². The number of benzene rings is 1. The van der Waals surface area contributed by atoms with E-state index >= 15 is 0 Å². The zero-order valence-electron chi connectivity index (χ0n) is 20.6.